The second-order valence-corrected chi connectivity index (χ2v) is 9.18. The third kappa shape index (κ3) is 5.18. The van der Waals surface area contributed by atoms with Crippen molar-refractivity contribution in [2.24, 2.45) is 0 Å². The third-order valence-corrected chi connectivity index (χ3v) is 6.49. The van der Waals surface area contributed by atoms with E-state index >= 15 is 0 Å². The summed E-state index contributed by atoms with van der Waals surface area (Å²) in [6.07, 6.45) is 0.441. The molecule has 2 aromatic carbocycles. The Balaban J connectivity index is 1.31. The first-order chi connectivity index (χ1) is 14.5. The van der Waals surface area contributed by atoms with Crippen LogP contribution in [0.4, 0.5) is 5.13 Å². The third-order valence-electron chi connectivity index (χ3n) is 4.87. The maximum absolute atomic E-state index is 12.3. The fraction of sp³-hybridized carbons (Fsp3) is 0.364. The molecular formula is C22H24BrN3O3S. The number of halogens is 1. The fourth-order valence-electron chi connectivity index (χ4n) is 3.70. The van der Waals surface area contributed by atoms with Gasteiger partial charge < -0.3 is 9.47 Å². The van der Waals surface area contributed by atoms with E-state index in [0.29, 0.717) is 10.9 Å². The Kier molecular flexibility index (Phi) is 6.67. The van der Waals surface area contributed by atoms with Crippen molar-refractivity contribution in [1.82, 2.24) is 9.88 Å². The number of aromatic nitrogens is 1. The van der Waals surface area contributed by atoms with E-state index in [-0.39, 0.29) is 24.7 Å². The summed E-state index contributed by atoms with van der Waals surface area (Å²) in [6.45, 7) is 6.62. The molecule has 8 heteroatoms. The van der Waals surface area contributed by atoms with Crippen LogP contribution in [0.15, 0.2) is 46.3 Å². The zero-order valence-corrected chi connectivity index (χ0v) is 19.3. The largest absolute Gasteiger partial charge is 0.483 e. The zero-order chi connectivity index (χ0) is 21.1. The van der Waals surface area contributed by atoms with Gasteiger partial charge in [0.05, 0.1) is 22.4 Å². The number of ether oxygens (including phenoxy) is 2. The molecular weight excluding hydrogens is 466 g/mol. The average Bonchev–Trinajstić information content (AvgIpc) is 3.13. The lowest BCUT2D eigenvalue weighted by molar-refractivity contribution is -0.118. The van der Waals surface area contributed by atoms with Gasteiger partial charge in [0.1, 0.15) is 5.75 Å². The van der Waals surface area contributed by atoms with Gasteiger partial charge in [0.15, 0.2) is 11.7 Å². The summed E-state index contributed by atoms with van der Waals surface area (Å²) in [5, 5.41) is 7.56. The number of morpholine rings is 1. The monoisotopic (exact) mass is 489 g/mol. The van der Waals surface area contributed by atoms with Crippen LogP contribution in [0.3, 0.4) is 0 Å². The molecule has 0 bridgehead atoms. The van der Waals surface area contributed by atoms with Crippen LogP contribution in [0.1, 0.15) is 19.5 Å². The van der Waals surface area contributed by atoms with Crippen LogP contribution in [0.5, 0.6) is 5.75 Å². The van der Waals surface area contributed by atoms with Gasteiger partial charge in [-0.2, -0.15) is 0 Å². The van der Waals surface area contributed by atoms with E-state index in [1.165, 1.54) is 11.3 Å². The molecule has 1 aliphatic heterocycles. The van der Waals surface area contributed by atoms with Crippen LogP contribution in [0.25, 0.3) is 10.8 Å². The summed E-state index contributed by atoms with van der Waals surface area (Å²) >= 11 is 5.01. The van der Waals surface area contributed by atoms with Crippen LogP contribution >= 0.6 is 27.3 Å². The SMILES string of the molecule is CC1CN(Cc2csc(NC(=O)COc3ccc4ccccc4c3Br)n2)CC(C)O1. The predicted octanol–water partition coefficient (Wildman–Crippen LogP) is 4.69. The molecule has 2 heterocycles. The standard InChI is InChI=1S/C22H24BrN3O3S/c1-14-9-26(10-15(2)29-14)11-17-13-30-22(24-17)25-20(27)12-28-19-8-7-16-5-3-4-6-18(16)21(19)23/h3-8,13-15H,9-12H2,1-2H3,(H,24,25,27). The quantitative estimate of drug-likeness (QED) is 0.544. The minimum atomic E-state index is -0.232. The van der Waals surface area contributed by atoms with Crippen molar-refractivity contribution in [3.63, 3.8) is 0 Å². The molecule has 4 rings (SSSR count). The summed E-state index contributed by atoms with van der Waals surface area (Å²) in [6, 6.07) is 11.9. The van der Waals surface area contributed by atoms with Crippen LogP contribution < -0.4 is 10.1 Å². The van der Waals surface area contributed by atoms with Crippen LogP contribution in [0.2, 0.25) is 0 Å². The number of amides is 1. The predicted molar refractivity (Wildman–Crippen MR) is 123 cm³/mol. The molecule has 1 aliphatic rings. The molecule has 0 spiro atoms. The average molecular weight is 490 g/mol. The smallest absolute Gasteiger partial charge is 0.264 e. The van der Waals surface area contributed by atoms with E-state index in [9.17, 15) is 4.79 Å². The topological polar surface area (TPSA) is 63.7 Å². The fourth-order valence-corrected chi connectivity index (χ4v) is 5.03. The second kappa shape index (κ2) is 9.43. The van der Waals surface area contributed by atoms with Crippen molar-refractivity contribution in [1.29, 1.82) is 0 Å². The zero-order valence-electron chi connectivity index (χ0n) is 16.9. The van der Waals surface area contributed by atoms with Gasteiger partial charge in [-0.3, -0.25) is 15.0 Å². The van der Waals surface area contributed by atoms with Crippen molar-refractivity contribution >= 4 is 49.1 Å². The first-order valence-electron chi connectivity index (χ1n) is 9.90. The molecule has 1 fully saturated rings. The Labute approximate surface area is 188 Å². The Bertz CT molecular complexity index is 1030. The minimum absolute atomic E-state index is 0.0790. The molecule has 2 unspecified atom stereocenters. The van der Waals surface area contributed by atoms with E-state index in [4.69, 9.17) is 9.47 Å². The van der Waals surface area contributed by atoms with Gasteiger partial charge in [-0.1, -0.05) is 30.3 Å². The number of thiazole rings is 1. The highest BCUT2D eigenvalue weighted by Crippen LogP contribution is 2.33. The number of carbonyl (C=O) groups is 1. The van der Waals surface area contributed by atoms with Crippen LogP contribution in [-0.2, 0) is 16.1 Å². The van der Waals surface area contributed by atoms with E-state index in [2.05, 4.69) is 45.0 Å². The molecule has 1 aromatic heterocycles. The number of nitrogens with one attached hydrogen (secondary N) is 1. The van der Waals surface area contributed by atoms with Crippen LogP contribution in [-0.4, -0.2) is 47.7 Å². The van der Waals surface area contributed by atoms with Gasteiger partial charge in [0.25, 0.3) is 5.91 Å². The highest BCUT2D eigenvalue weighted by Gasteiger charge is 2.22. The number of carbonyl (C=O) groups excluding carboxylic acids is 1. The molecule has 3 aromatic rings. The molecule has 0 radical (unpaired) electrons. The molecule has 0 saturated carbocycles. The van der Waals surface area contributed by atoms with Crippen LogP contribution in [0, 0.1) is 0 Å². The summed E-state index contributed by atoms with van der Waals surface area (Å²) in [4.78, 5) is 19.2. The molecule has 1 N–H and O–H groups in total. The van der Waals surface area contributed by atoms with E-state index < -0.39 is 0 Å². The van der Waals surface area contributed by atoms with Gasteiger partial charge in [-0.25, -0.2) is 4.98 Å². The minimum Gasteiger partial charge on any atom is -0.483 e. The highest BCUT2D eigenvalue weighted by atomic mass is 79.9. The molecule has 6 nitrogen and oxygen atoms in total. The van der Waals surface area contributed by atoms with E-state index in [0.717, 1.165) is 40.6 Å². The van der Waals surface area contributed by atoms with Gasteiger partial charge >= 0.3 is 0 Å². The lowest BCUT2D eigenvalue weighted by Crippen LogP contribution is -2.44. The number of nitrogens with zero attached hydrogens (tertiary/aromatic N) is 2. The first-order valence-corrected chi connectivity index (χ1v) is 11.6. The molecule has 0 aliphatic carbocycles. The first kappa shape index (κ1) is 21.2. The van der Waals surface area contributed by atoms with E-state index in [1.54, 1.807) is 0 Å². The molecule has 30 heavy (non-hydrogen) atoms. The van der Waals surface area contributed by atoms with Crippen molar-refractivity contribution < 1.29 is 14.3 Å². The van der Waals surface area contributed by atoms with E-state index in [1.807, 2.05) is 41.8 Å². The van der Waals surface area contributed by atoms with Gasteiger partial charge in [0.2, 0.25) is 0 Å². The lowest BCUT2D eigenvalue weighted by Gasteiger charge is -2.34. The second-order valence-electron chi connectivity index (χ2n) is 7.53. The van der Waals surface area contributed by atoms with Crippen molar-refractivity contribution in [3.05, 3.63) is 51.9 Å². The maximum atomic E-state index is 12.3. The molecule has 2 atom stereocenters. The summed E-state index contributed by atoms with van der Waals surface area (Å²) in [7, 11) is 0. The lowest BCUT2D eigenvalue weighted by atomic mass is 10.1. The number of hydrogen-bond donors (Lipinski definition) is 1. The van der Waals surface area contributed by atoms with Gasteiger partial charge in [0, 0.05) is 25.0 Å². The highest BCUT2D eigenvalue weighted by molar-refractivity contribution is 9.10. The Hall–Kier alpha value is -2.00. The molecule has 1 saturated heterocycles. The Morgan fingerprint density at radius 2 is 2.03 bits per heavy atom. The van der Waals surface area contributed by atoms with Gasteiger partial charge in [-0.05, 0) is 46.6 Å². The number of benzene rings is 2. The summed E-state index contributed by atoms with van der Waals surface area (Å²) in [5.41, 5.74) is 0.954. The number of fused-ring (bicyclic) bond motifs is 1. The normalized spacial score (nSPS) is 19.7. The number of rotatable bonds is 6. The van der Waals surface area contributed by atoms with Crippen molar-refractivity contribution in [2.45, 2.75) is 32.6 Å². The van der Waals surface area contributed by atoms with Gasteiger partial charge in [-0.15, -0.1) is 11.3 Å². The number of anilines is 1. The van der Waals surface area contributed by atoms with Crippen molar-refractivity contribution in [3.8, 4) is 5.75 Å². The Morgan fingerprint density at radius 3 is 2.83 bits per heavy atom. The maximum Gasteiger partial charge on any atom is 0.264 e. The Morgan fingerprint density at radius 1 is 1.27 bits per heavy atom. The number of hydrogen-bond acceptors (Lipinski definition) is 6. The summed E-state index contributed by atoms with van der Waals surface area (Å²) < 4.78 is 12.3. The van der Waals surface area contributed by atoms with Crippen molar-refractivity contribution in [2.75, 3.05) is 25.0 Å². The molecule has 158 valence electrons. The summed E-state index contributed by atoms with van der Waals surface area (Å²) in [5.74, 6) is 0.406. The molecule has 1 amide bonds.